The molecule has 0 bridgehead atoms. The maximum Gasteiger partial charge on any atom is 0.227 e. The maximum atomic E-state index is 13.7. The Morgan fingerprint density at radius 1 is 0.906 bits per heavy atom. The number of hydrogen-bond donors (Lipinski definition) is 4. The normalized spacial score (nSPS) is 16.5. The second-order valence-corrected chi connectivity index (χ2v) is 14.2. The molecule has 5 rings (SSSR count). The van der Waals surface area contributed by atoms with E-state index in [1.54, 1.807) is 17.0 Å². The minimum atomic E-state index is -0.349. The van der Waals surface area contributed by atoms with Crippen LogP contribution in [0.3, 0.4) is 0 Å². The summed E-state index contributed by atoms with van der Waals surface area (Å²) in [4.78, 5) is 42.8. The lowest BCUT2D eigenvalue weighted by Crippen LogP contribution is -2.47. The average molecular weight is 720 g/mol. The quantitative estimate of drug-likeness (QED) is 0.0789. The molecule has 5 N–H and O–H groups in total. The maximum absolute atomic E-state index is 13.7. The van der Waals surface area contributed by atoms with Gasteiger partial charge in [0.25, 0.3) is 0 Å². The van der Waals surface area contributed by atoms with Crippen LogP contribution in [0.2, 0.25) is 0 Å². The summed E-state index contributed by atoms with van der Waals surface area (Å²) in [5.41, 5.74) is 11.8. The highest BCUT2D eigenvalue weighted by Crippen LogP contribution is 2.30. The van der Waals surface area contributed by atoms with Gasteiger partial charge in [-0.3, -0.25) is 19.3 Å². The van der Waals surface area contributed by atoms with Crippen molar-refractivity contribution in [3.8, 4) is 16.9 Å². The summed E-state index contributed by atoms with van der Waals surface area (Å²) in [6, 6.07) is 31.2. The van der Waals surface area contributed by atoms with Gasteiger partial charge in [-0.2, -0.15) is 0 Å². The van der Waals surface area contributed by atoms with E-state index in [2.05, 4.69) is 65.9 Å². The molecule has 3 amide bonds. The zero-order valence-electron chi connectivity index (χ0n) is 31.1. The predicted octanol–water partition coefficient (Wildman–Crippen LogP) is 6.74. The second-order valence-electron chi connectivity index (χ2n) is 14.2. The summed E-state index contributed by atoms with van der Waals surface area (Å²) in [7, 11) is 2.07. The Morgan fingerprint density at radius 3 is 2.26 bits per heavy atom. The Labute approximate surface area is 313 Å². The molecule has 0 saturated carbocycles. The van der Waals surface area contributed by atoms with Crippen molar-refractivity contribution in [1.29, 1.82) is 0 Å². The monoisotopic (exact) mass is 719 g/mol. The van der Waals surface area contributed by atoms with Crippen LogP contribution in [0.5, 0.6) is 5.75 Å². The summed E-state index contributed by atoms with van der Waals surface area (Å²) in [5, 5.41) is 15.8. The number of fused-ring (bicyclic) bond motifs is 1. The fourth-order valence-corrected chi connectivity index (χ4v) is 6.64. The number of likely N-dealkylation sites (N-methyl/N-ethyl adjacent to an activating group) is 1. The number of aliphatic hydroxyl groups is 1. The number of hydrogen-bond acceptors (Lipinski definition) is 7. The molecule has 0 aliphatic carbocycles. The number of para-hydroxylation sites is 2. The first-order chi connectivity index (χ1) is 25.6. The van der Waals surface area contributed by atoms with Gasteiger partial charge in [0.2, 0.25) is 17.7 Å². The fourth-order valence-electron chi connectivity index (χ4n) is 6.64. The van der Waals surface area contributed by atoms with Crippen LogP contribution in [0.15, 0.2) is 97.1 Å². The topological polar surface area (TPSA) is 137 Å². The van der Waals surface area contributed by atoms with Crippen LogP contribution < -0.4 is 21.1 Å². The summed E-state index contributed by atoms with van der Waals surface area (Å²) in [6.45, 7) is 5.60. The van der Waals surface area contributed by atoms with E-state index in [1.165, 1.54) is 16.7 Å². The van der Waals surface area contributed by atoms with Crippen LogP contribution in [0, 0.1) is 5.92 Å². The molecule has 280 valence electrons. The SMILES string of the molecule is C[C@@H]1CN([C@H](C)CO)C(=O)Cc2cc(NC(=O)CCCCCC(=O)Nc3ccccc3N)ccc2O[C@H]1CN(C)Cc1ccc(-c2ccccc2)cc1. The van der Waals surface area contributed by atoms with Crippen molar-refractivity contribution >= 4 is 34.8 Å². The molecule has 1 aliphatic rings. The number of anilines is 3. The van der Waals surface area contributed by atoms with E-state index in [0.29, 0.717) is 67.1 Å². The lowest BCUT2D eigenvalue weighted by molar-refractivity contribution is -0.134. The zero-order valence-corrected chi connectivity index (χ0v) is 31.1. The number of ether oxygens (including phenoxy) is 1. The van der Waals surface area contributed by atoms with E-state index in [4.69, 9.17) is 10.5 Å². The van der Waals surface area contributed by atoms with Gasteiger partial charge < -0.3 is 31.1 Å². The molecule has 3 atom stereocenters. The molecular formula is C43H53N5O5. The number of nitrogen functional groups attached to an aromatic ring is 1. The number of benzene rings is 4. The van der Waals surface area contributed by atoms with Crippen molar-refractivity contribution in [2.75, 3.05) is 43.1 Å². The number of nitrogens with two attached hydrogens (primary N) is 1. The Kier molecular flexibility index (Phi) is 14.0. The van der Waals surface area contributed by atoms with Crippen LogP contribution in [0.4, 0.5) is 17.1 Å². The predicted molar refractivity (Wildman–Crippen MR) is 211 cm³/mol. The van der Waals surface area contributed by atoms with Gasteiger partial charge in [-0.15, -0.1) is 0 Å². The lowest BCUT2D eigenvalue weighted by Gasteiger charge is -2.34. The molecule has 10 heteroatoms. The van der Waals surface area contributed by atoms with Crippen molar-refractivity contribution < 1.29 is 24.2 Å². The van der Waals surface area contributed by atoms with Crippen molar-refractivity contribution in [2.24, 2.45) is 5.92 Å². The van der Waals surface area contributed by atoms with Crippen molar-refractivity contribution in [2.45, 2.75) is 71.1 Å². The third kappa shape index (κ3) is 11.4. The minimum Gasteiger partial charge on any atom is -0.488 e. The summed E-state index contributed by atoms with van der Waals surface area (Å²) in [6.07, 6.45) is 2.52. The fraction of sp³-hybridized carbons (Fsp3) is 0.372. The Hall–Kier alpha value is -5.19. The van der Waals surface area contributed by atoms with Gasteiger partial charge in [0.15, 0.2) is 0 Å². The molecule has 0 unspecified atom stereocenters. The number of amides is 3. The van der Waals surface area contributed by atoms with E-state index >= 15 is 0 Å². The molecular weight excluding hydrogens is 667 g/mol. The van der Waals surface area contributed by atoms with Crippen LogP contribution in [0.25, 0.3) is 11.1 Å². The van der Waals surface area contributed by atoms with E-state index in [1.807, 2.05) is 55.5 Å². The number of carbonyl (C=O) groups excluding carboxylic acids is 3. The van der Waals surface area contributed by atoms with Crippen LogP contribution in [-0.4, -0.2) is 71.5 Å². The van der Waals surface area contributed by atoms with Gasteiger partial charge in [0.1, 0.15) is 11.9 Å². The number of carbonyl (C=O) groups is 3. The number of rotatable bonds is 15. The van der Waals surface area contributed by atoms with E-state index in [-0.39, 0.29) is 48.8 Å². The Morgan fingerprint density at radius 2 is 1.57 bits per heavy atom. The summed E-state index contributed by atoms with van der Waals surface area (Å²) in [5.74, 6) is 0.247. The Balaban J connectivity index is 1.19. The molecule has 10 nitrogen and oxygen atoms in total. The first kappa shape index (κ1) is 39.0. The number of nitrogens with one attached hydrogen (secondary N) is 2. The van der Waals surface area contributed by atoms with Gasteiger partial charge in [-0.05, 0) is 73.8 Å². The highest BCUT2D eigenvalue weighted by molar-refractivity contribution is 5.94. The van der Waals surface area contributed by atoms with Crippen LogP contribution in [0.1, 0.15) is 57.1 Å². The van der Waals surface area contributed by atoms with Crippen molar-refractivity contribution in [1.82, 2.24) is 9.80 Å². The molecule has 0 radical (unpaired) electrons. The molecule has 0 aromatic heterocycles. The van der Waals surface area contributed by atoms with Crippen LogP contribution >= 0.6 is 0 Å². The number of nitrogens with zero attached hydrogens (tertiary/aromatic N) is 2. The summed E-state index contributed by atoms with van der Waals surface area (Å²) >= 11 is 0. The van der Waals surface area contributed by atoms with E-state index in [9.17, 15) is 19.5 Å². The first-order valence-electron chi connectivity index (χ1n) is 18.6. The van der Waals surface area contributed by atoms with E-state index < -0.39 is 0 Å². The molecule has 0 saturated heterocycles. The number of unbranched alkanes of at least 4 members (excludes halogenated alkanes) is 2. The van der Waals surface area contributed by atoms with Gasteiger partial charge >= 0.3 is 0 Å². The van der Waals surface area contributed by atoms with Crippen molar-refractivity contribution in [3.05, 3.63) is 108 Å². The average Bonchev–Trinajstić information content (AvgIpc) is 3.19. The van der Waals surface area contributed by atoms with Crippen LogP contribution in [-0.2, 0) is 27.3 Å². The smallest absolute Gasteiger partial charge is 0.227 e. The molecule has 0 spiro atoms. The molecule has 1 heterocycles. The molecule has 53 heavy (non-hydrogen) atoms. The lowest BCUT2D eigenvalue weighted by atomic mass is 10.0. The minimum absolute atomic E-state index is 0.0243. The third-order valence-corrected chi connectivity index (χ3v) is 9.75. The second kappa shape index (κ2) is 19.0. The number of aliphatic hydroxyl groups excluding tert-OH is 1. The highest BCUT2D eigenvalue weighted by Gasteiger charge is 2.31. The zero-order chi connectivity index (χ0) is 37.7. The van der Waals surface area contributed by atoms with Gasteiger partial charge in [-0.25, -0.2) is 0 Å². The largest absolute Gasteiger partial charge is 0.488 e. The molecule has 4 aromatic rings. The first-order valence-corrected chi connectivity index (χ1v) is 18.6. The molecule has 4 aromatic carbocycles. The van der Waals surface area contributed by atoms with E-state index in [0.717, 1.165) is 13.0 Å². The standard InChI is InChI=1S/C43H53N5O5/c1-30-26-48(31(2)29-49)43(52)25-35-24-36(45-41(50)16-8-5-9-17-42(51)46-38-15-11-10-14-37(38)44)22-23-39(35)53-40(30)28-47(3)27-32-18-20-34(21-19-32)33-12-6-4-7-13-33/h4,6-7,10-15,18-24,30-31,40,49H,5,8-9,16-17,25-29,44H2,1-3H3,(H,45,50)(H,46,51)/t30-,31-,40+/m1/s1. The van der Waals surface area contributed by atoms with Crippen molar-refractivity contribution in [3.63, 3.8) is 0 Å². The molecule has 1 aliphatic heterocycles. The Bertz CT molecular complexity index is 1820. The summed E-state index contributed by atoms with van der Waals surface area (Å²) < 4.78 is 6.70. The van der Waals surface area contributed by atoms with Gasteiger partial charge in [0.05, 0.1) is 30.4 Å². The van der Waals surface area contributed by atoms with Gasteiger partial charge in [-0.1, -0.05) is 80.1 Å². The highest BCUT2D eigenvalue weighted by atomic mass is 16.5. The van der Waals surface area contributed by atoms with Gasteiger partial charge in [0, 0.05) is 49.6 Å². The molecule has 0 fully saturated rings. The third-order valence-electron chi connectivity index (χ3n) is 9.75.